The second-order valence-corrected chi connectivity index (χ2v) is 9.98. The van der Waals surface area contributed by atoms with Crippen molar-refractivity contribution < 1.29 is 22.7 Å². The van der Waals surface area contributed by atoms with E-state index in [4.69, 9.17) is 22.1 Å². The normalized spacial score (nSPS) is 13.8. The molecule has 3 aromatic carbocycles. The molecular weight excluding hydrogens is 464 g/mol. The van der Waals surface area contributed by atoms with Crippen LogP contribution < -0.4 is 5.73 Å². The molecule has 7 nitrogen and oxygen atoms in total. The molecule has 33 heavy (non-hydrogen) atoms. The summed E-state index contributed by atoms with van der Waals surface area (Å²) < 4.78 is 33.2. The molecule has 0 atom stereocenters. The molecule has 3 aromatic rings. The van der Waals surface area contributed by atoms with Crippen molar-refractivity contribution in [3.8, 4) is 0 Å². The Labute approximate surface area is 196 Å². The number of sulfonamides is 1. The van der Waals surface area contributed by atoms with Crippen LogP contribution in [0.3, 0.4) is 0 Å². The molecule has 0 bridgehead atoms. The number of ether oxygens (including phenoxy) is 1. The van der Waals surface area contributed by atoms with Gasteiger partial charge < -0.3 is 10.5 Å². The van der Waals surface area contributed by atoms with Gasteiger partial charge in [0.25, 0.3) is 0 Å². The number of benzene rings is 3. The van der Waals surface area contributed by atoms with Crippen LogP contribution in [-0.4, -0.2) is 31.1 Å². The van der Waals surface area contributed by atoms with Crippen LogP contribution in [0, 0.1) is 0 Å². The first kappa shape index (κ1) is 23.0. The zero-order valence-electron chi connectivity index (χ0n) is 17.5. The molecule has 0 saturated heterocycles. The number of hydrogen-bond acceptors (Lipinski definition) is 5. The van der Waals surface area contributed by atoms with Gasteiger partial charge in [0.1, 0.15) is 6.61 Å². The van der Waals surface area contributed by atoms with E-state index in [2.05, 4.69) is 0 Å². The molecular formula is C24H21ClN2O5S. The van der Waals surface area contributed by atoms with Crippen LogP contribution in [0.4, 0.5) is 0 Å². The lowest BCUT2D eigenvalue weighted by Gasteiger charge is -2.28. The molecule has 4 rings (SSSR count). The predicted molar refractivity (Wildman–Crippen MR) is 123 cm³/mol. The number of carbonyl (C=O) groups is 2. The van der Waals surface area contributed by atoms with Gasteiger partial charge in [-0.25, -0.2) is 13.2 Å². The van der Waals surface area contributed by atoms with Gasteiger partial charge in [0.2, 0.25) is 15.9 Å². The topological polar surface area (TPSA) is 107 Å². The number of esters is 1. The van der Waals surface area contributed by atoms with Gasteiger partial charge in [-0.2, -0.15) is 4.31 Å². The number of carbonyl (C=O) groups excluding carboxylic acids is 2. The van der Waals surface area contributed by atoms with Gasteiger partial charge in [-0.15, -0.1) is 0 Å². The van der Waals surface area contributed by atoms with E-state index in [0.717, 1.165) is 11.1 Å². The van der Waals surface area contributed by atoms with Gasteiger partial charge in [0, 0.05) is 18.7 Å². The first-order valence-corrected chi connectivity index (χ1v) is 12.0. The Morgan fingerprint density at radius 1 is 1.00 bits per heavy atom. The van der Waals surface area contributed by atoms with Gasteiger partial charge in [-0.3, -0.25) is 4.79 Å². The van der Waals surface area contributed by atoms with E-state index in [1.807, 2.05) is 24.3 Å². The molecule has 0 radical (unpaired) electrons. The number of rotatable bonds is 6. The fourth-order valence-corrected chi connectivity index (χ4v) is 5.33. The number of halogens is 1. The molecule has 1 aliphatic rings. The minimum absolute atomic E-state index is 0.0334. The fraction of sp³-hybridized carbons (Fsp3) is 0.167. The van der Waals surface area contributed by atoms with Crippen molar-refractivity contribution in [3.05, 3.63) is 99.6 Å². The molecule has 1 heterocycles. The quantitative estimate of drug-likeness (QED) is 0.538. The predicted octanol–water partition coefficient (Wildman–Crippen LogP) is 3.54. The third kappa shape index (κ3) is 4.93. The number of fused-ring (bicyclic) bond motifs is 1. The third-order valence-corrected chi connectivity index (χ3v) is 7.64. The maximum absolute atomic E-state index is 13.3. The van der Waals surface area contributed by atoms with Gasteiger partial charge in [0.05, 0.1) is 15.5 Å². The highest BCUT2D eigenvalue weighted by Gasteiger charge is 2.29. The largest absolute Gasteiger partial charge is 0.457 e. The summed E-state index contributed by atoms with van der Waals surface area (Å²) in [5.41, 5.74) is 8.15. The maximum Gasteiger partial charge on any atom is 0.340 e. The first-order valence-electron chi connectivity index (χ1n) is 10.2. The Morgan fingerprint density at radius 3 is 2.52 bits per heavy atom. The molecule has 170 valence electrons. The molecule has 0 aromatic heterocycles. The molecule has 9 heteroatoms. The van der Waals surface area contributed by atoms with Crippen molar-refractivity contribution in [2.75, 3.05) is 6.54 Å². The highest BCUT2D eigenvalue weighted by molar-refractivity contribution is 7.89. The van der Waals surface area contributed by atoms with Crippen molar-refractivity contribution in [2.24, 2.45) is 5.73 Å². The summed E-state index contributed by atoms with van der Waals surface area (Å²) in [5, 5.41) is 0.0776. The van der Waals surface area contributed by atoms with Crippen LogP contribution in [0.2, 0.25) is 5.02 Å². The SMILES string of the molecule is NC(=O)c1cccc(COC(=O)c2cc(S(=O)(=O)N3CCc4ccccc4C3)ccc2Cl)c1. The van der Waals surface area contributed by atoms with Crippen molar-refractivity contribution in [1.29, 1.82) is 0 Å². The van der Waals surface area contributed by atoms with Crippen molar-refractivity contribution in [2.45, 2.75) is 24.5 Å². The highest BCUT2D eigenvalue weighted by atomic mass is 35.5. The lowest BCUT2D eigenvalue weighted by Crippen LogP contribution is -2.36. The van der Waals surface area contributed by atoms with Gasteiger partial charge in [0.15, 0.2) is 0 Å². The standard InChI is InChI=1S/C24H21ClN2O5S/c25-22-9-8-20(33(30,31)27-11-10-17-5-1-2-6-19(17)14-27)13-21(22)24(29)32-15-16-4-3-7-18(12-16)23(26)28/h1-9,12-13H,10-11,14-15H2,(H2,26,28). The fourth-order valence-electron chi connectivity index (χ4n) is 3.69. The molecule has 0 unspecified atom stereocenters. The van der Waals surface area contributed by atoms with Gasteiger partial charge in [-0.05, 0) is 53.4 Å². The van der Waals surface area contributed by atoms with Crippen LogP contribution >= 0.6 is 11.6 Å². The molecule has 0 spiro atoms. The summed E-state index contributed by atoms with van der Waals surface area (Å²) >= 11 is 6.17. The smallest absolute Gasteiger partial charge is 0.340 e. The number of nitrogens with zero attached hydrogens (tertiary/aromatic N) is 1. The second-order valence-electron chi connectivity index (χ2n) is 7.64. The lowest BCUT2D eigenvalue weighted by molar-refractivity contribution is 0.0472. The van der Waals surface area contributed by atoms with Crippen LogP contribution in [0.15, 0.2) is 71.6 Å². The summed E-state index contributed by atoms with van der Waals surface area (Å²) in [6.45, 7) is 0.477. The van der Waals surface area contributed by atoms with Crippen LogP contribution in [0.25, 0.3) is 0 Å². The van der Waals surface area contributed by atoms with Crippen molar-refractivity contribution in [1.82, 2.24) is 4.31 Å². The van der Waals surface area contributed by atoms with Gasteiger partial charge in [-0.1, -0.05) is 48.0 Å². The Bertz CT molecular complexity index is 1340. The van der Waals surface area contributed by atoms with E-state index in [1.54, 1.807) is 18.2 Å². The zero-order chi connectivity index (χ0) is 23.6. The highest BCUT2D eigenvalue weighted by Crippen LogP contribution is 2.28. The first-order chi connectivity index (χ1) is 15.8. The molecule has 1 amide bonds. The number of nitrogens with two attached hydrogens (primary N) is 1. The van der Waals surface area contributed by atoms with Crippen molar-refractivity contribution in [3.63, 3.8) is 0 Å². The van der Waals surface area contributed by atoms with E-state index < -0.39 is 21.9 Å². The Balaban J connectivity index is 1.53. The molecule has 2 N–H and O–H groups in total. The number of hydrogen-bond donors (Lipinski definition) is 1. The summed E-state index contributed by atoms with van der Waals surface area (Å²) in [6, 6.07) is 18.1. The number of primary amides is 1. The van der Waals surface area contributed by atoms with Crippen molar-refractivity contribution >= 4 is 33.5 Å². The van der Waals surface area contributed by atoms with Crippen LogP contribution in [0.1, 0.15) is 37.4 Å². The molecule has 0 fully saturated rings. The average Bonchev–Trinajstić information content (AvgIpc) is 2.82. The van der Waals surface area contributed by atoms with E-state index in [9.17, 15) is 18.0 Å². The molecule has 1 aliphatic heterocycles. The molecule has 0 aliphatic carbocycles. The monoisotopic (exact) mass is 484 g/mol. The van der Waals surface area contributed by atoms with Crippen LogP contribution in [-0.2, 0) is 34.3 Å². The Kier molecular flexibility index (Phi) is 6.51. The number of amides is 1. The second kappa shape index (κ2) is 9.35. The summed E-state index contributed by atoms with van der Waals surface area (Å²) in [5.74, 6) is -1.37. The summed E-state index contributed by atoms with van der Waals surface area (Å²) in [4.78, 5) is 24.0. The average molecular weight is 485 g/mol. The maximum atomic E-state index is 13.3. The van der Waals surface area contributed by atoms with E-state index in [0.29, 0.717) is 18.5 Å². The Hall–Kier alpha value is -3.20. The Morgan fingerprint density at radius 2 is 1.76 bits per heavy atom. The minimum atomic E-state index is -3.84. The van der Waals surface area contributed by atoms with Crippen LogP contribution in [0.5, 0.6) is 0 Å². The van der Waals surface area contributed by atoms with E-state index in [-0.39, 0.29) is 34.2 Å². The van der Waals surface area contributed by atoms with E-state index >= 15 is 0 Å². The minimum Gasteiger partial charge on any atom is -0.457 e. The summed E-state index contributed by atoms with van der Waals surface area (Å²) in [7, 11) is -3.84. The van der Waals surface area contributed by atoms with E-state index in [1.165, 1.54) is 28.6 Å². The van der Waals surface area contributed by atoms with Gasteiger partial charge >= 0.3 is 5.97 Å². The third-order valence-electron chi connectivity index (χ3n) is 5.47. The zero-order valence-corrected chi connectivity index (χ0v) is 19.1. The summed E-state index contributed by atoms with van der Waals surface area (Å²) in [6.07, 6.45) is 0.613. The lowest BCUT2D eigenvalue weighted by atomic mass is 10.0. The molecule has 0 saturated carbocycles.